The molecule has 1 atom stereocenters. The third-order valence-electron chi connectivity index (χ3n) is 5.36. The van der Waals surface area contributed by atoms with Crippen LogP contribution in [0.3, 0.4) is 0 Å². The van der Waals surface area contributed by atoms with Gasteiger partial charge in [-0.1, -0.05) is 30.3 Å². The van der Waals surface area contributed by atoms with Gasteiger partial charge in [0.15, 0.2) is 0 Å². The Labute approximate surface area is 172 Å². The minimum absolute atomic E-state index is 0.0478. The number of nitrogens with one attached hydrogen (secondary N) is 1. The molecule has 1 heterocycles. The van der Waals surface area contributed by atoms with E-state index in [0.29, 0.717) is 12.1 Å². The fourth-order valence-electron chi connectivity index (χ4n) is 3.78. The van der Waals surface area contributed by atoms with Crippen LogP contribution < -0.4 is 10.1 Å². The van der Waals surface area contributed by atoms with Gasteiger partial charge in [-0.05, 0) is 56.9 Å². The van der Waals surface area contributed by atoms with Crippen LogP contribution in [0.4, 0.5) is 0 Å². The van der Waals surface area contributed by atoms with Crippen molar-refractivity contribution < 1.29 is 14.6 Å². The first-order valence-electron chi connectivity index (χ1n) is 10.2. The molecule has 0 aliphatic heterocycles. The lowest BCUT2D eigenvalue weighted by Crippen LogP contribution is -2.33. The molecular weight excluding hydrogens is 364 g/mol. The van der Waals surface area contributed by atoms with E-state index in [0.717, 1.165) is 41.6 Å². The van der Waals surface area contributed by atoms with E-state index in [4.69, 9.17) is 9.84 Å². The molecule has 0 fully saturated rings. The summed E-state index contributed by atoms with van der Waals surface area (Å²) >= 11 is 0. The van der Waals surface area contributed by atoms with Gasteiger partial charge in [0.25, 0.3) is 5.91 Å². The maximum Gasteiger partial charge on any atom is 0.253 e. The highest BCUT2D eigenvalue weighted by atomic mass is 16.5. The van der Waals surface area contributed by atoms with E-state index in [1.54, 1.807) is 7.11 Å². The highest BCUT2D eigenvalue weighted by Gasteiger charge is 2.21. The van der Waals surface area contributed by atoms with Crippen molar-refractivity contribution in [3.05, 3.63) is 65.4 Å². The Morgan fingerprint density at radius 3 is 2.62 bits per heavy atom. The number of aliphatic hydroxyl groups excluding tert-OH is 1. The zero-order chi connectivity index (χ0) is 20.8. The first-order valence-corrected chi connectivity index (χ1v) is 10.2. The van der Waals surface area contributed by atoms with E-state index < -0.39 is 0 Å². The van der Waals surface area contributed by atoms with Gasteiger partial charge in [-0.25, -0.2) is 0 Å². The first kappa shape index (κ1) is 20.9. The molecule has 29 heavy (non-hydrogen) atoms. The van der Waals surface area contributed by atoms with Crippen LogP contribution in [0.25, 0.3) is 10.9 Å². The number of carbonyl (C=O) groups excluding carboxylic acids is 1. The predicted octanol–water partition coefficient (Wildman–Crippen LogP) is 4.29. The largest absolute Gasteiger partial charge is 0.497 e. The average molecular weight is 395 g/mol. The molecule has 5 nitrogen and oxygen atoms in total. The second kappa shape index (κ2) is 9.61. The van der Waals surface area contributed by atoms with Crippen molar-refractivity contribution in [2.45, 2.75) is 45.7 Å². The van der Waals surface area contributed by atoms with E-state index in [2.05, 4.69) is 22.0 Å². The summed E-state index contributed by atoms with van der Waals surface area (Å²) in [5, 5.41) is 13.0. The minimum Gasteiger partial charge on any atom is -0.497 e. The van der Waals surface area contributed by atoms with Crippen LogP contribution in [-0.4, -0.2) is 35.3 Å². The number of methoxy groups -OCH3 is 1. The van der Waals surface area contributed by atoms with Crippen LogP contribution in [-0.2, 0) is 6.54 Å². The summed E-state index contributed by atoms with van der Waals surface area (Å²) in [5.74, 6) is 0.670. The number of aliphatic hydroxyl groups is 1. The summed E-state index contributed by atoms with van der Waals surface area (Å²) in [6.07, 6.45) is 2.49. The highest BCUT2D eigenvalue weighted by molar-refractivity contribution is 6.09. The summed E-state index contributed by atoms with van der Waals surface area (Å²) in [6.45, 7) is 4.90. The first-order chi connectivity index (χ1) is 14.0. The Kier molecular flexibility index (Phi) is 6.94. The van der Waals surface area contributed by atoms with E-state index >= 15 is 0 Å². The third kappa shape index (κ3) is 4.80. The lowest BCUT2D eigenvalue weighted by atomic mass is 10.1. The standard InChI is InChI=1S/C24H30N2O3/c1-17(9-7-8-14-27)25-24(28)23-18(2)26(16-19-10-5-4-6-11-19)22-13-12-20(29-3)15-21(22)23/h4-6,10-13,15,17,27H,7-9,14,16H2,1-3H3,(H,25,28). The van der Waals surface area contributed by atoms with Gasteiger partial charge in [0.05, 0.1) is 12.7 Å². The molecule has 0 bridgehead atoms. The Hall–Kier alpha value is -2.79. The van der Waals surface area contributed by atoms with E-state index in [1.807, 2.05) is 50.2 Å². The van der Waals surface area contributed by atoms with Crippen LogP contribution >= 0.6 is 0 Å². The second-order valence-corrected chi connectivity index (χ2v) is 7.51. The summed E-state index contributed by atoms with van der Waals surface area (Å²) in [5.41, 5.74) is 3.85. The fraction of sp³-hybridized carbons (Fsp3) is 0.375. The maximum atomic E-state index is 13.2. The number of fused-ring (bicyclic) bond motifs is 1. The SMILES string of the molecule is COc1ccc2c(c1)c(C(=O)NC(C)CCCCO)c(C)n2Cc1ccccc1. The van der Waals surface area contributed by atoms with Gasteiger partial charge in [-0.2, -0.15) is 0 Å². The number of hydrogen-bond acceptors (Lipinski definition) is 3. The number of aromatic nitrogens is 1. The van der Waals surface area contributed by atoms with Crippen molar-refractivity contribution in [2.75, 3.05) is 13.7 Å². The summed E-state index contributed by atoms with van der Waals surface area (Å²) in [7, 11) is 1.64. The van der Waals surface area contributed by atoms with Gasteiger partial charge in [-0.3, -0.25) is 4.79 Å². The molecule has 154 valence electrons. The molecule has 1 unspecified atom stereocenters. The topological polar surface area (TPSA) is 63.5 Å². The molecular formula is C24H30N2O3. The van der Waals surface area contributed by atoms with E-state index in [1.165, 1.54) is 5.56 Å². The summed E-state index contributed by atoms with van der Waals surface area (Å²) in [4.78, 5) is 13.2. The quantitative estimate of drug-likeness (QED) is 0.532. The molecule has 1 amide bonds. The number of benzene rings is 2. The molecule has 3 aromatic rings. The van der Waals surface area contributed by atoms with Crippen molar-refractivity contribution in [3.8, 4) is 5.75 Å². The van der Waals surface area contributed by atoms with Crippen LogP contribution in [0.5, 0.6) is 5.75 Å². The molecule has 0 aliphatic carbocycles. The smallest absolute Gasteiger partial charge is 0.253 e. The van der Waals surface area contributed by atoms with E-state index in [9.17, 15) is 4.79 Å². The molecule has 0 spiro atoms. The zero-order valence-electron chi connectivity index (χ0n) is 17.4. The van der Waals surface area contributed by atoms with Gasteiger partial charge in [0, 0.05) is 35.8 Å². The van der Waals surface area contributed by atoms with Crippen LogP contribution in [0.1, 0.15) is 47.8 Å². The molecule has 0 radical (unpaired) electrons. The molecule has 2 aromatic carbocycles. The lowest BCUT2D eigenvalue weighted by Gasteiger charge is -2.14. The number of rotatable bonds is 9. The van der Waals surface area contributed by atoms with E-state index in [-0.39, 0.29) is 18.6 Å². The van der Waals surface area contributed by atoms with Gasteiger partial charge in [0.2, 0.25) is 0 Å². The predicted molar refractivity (Wildman–Crippen MR) is 117 cm³/mol. The van der Waals surface area contributed by atoms with Crippen molar-refractivity contribution in [3.63, 3.8) is 0 Å². The van der Waals surface area contributed by atoms with Gasteiger partial charge < -0.3 is 19.7 Å². The third-order valence-corrected chi connectivity index (χ3v) is 5.36. The van der Waals surface area contributed by atoms with Gasteiger partial charge in [0.1, 0.15) is 5.75 Å². The van der Waals surface area contributed by atoms with Crippen molar-refractivity contribution in [2.24, 2.45) is 0 Å². The number of carbonyl (C=O) groups is 1. The Bertz CT molecular complexity index is 963. The van der Waals surface area contributed by atoms with Gasteiger partial charge >= 0.3 is 0 Å². The lowest BCUT2D eigenvalue weighted by molar-refractivity contribution is 0.0938. The highest BCUT2D eigenvalue weighted by Crippen LogP contribution is 2.30. The second-order valence-electron chi connectivity index (χ2n) is 7.51. The number of unbranched alkanes of at least 4 members (excludes halogenated alkanes) is 1. The van der Waals surface area contributed by atoms with Crippen molar-refractivity contribution >= 4 is 16.8 Å². The fourth-order valence-corrected chi connectivity index (χ4v) is 3.78. The molecule has 0 aliphatic rings. The summed E-state index contributed by atoms with van der Waals surface area (Å²) in [6, 6.07) is 16.2. The van der Waals surface area contributed by atoms with Crippen LogP contribution in [0.2, 0.25) is 0 Å². The molecule has 5 heteroatoms. The Balaban J connectivity index is 1.96. The molecule has 2 N–H and O–H groups in total. The number of hydrogen-bond donors (Lipinski definition) is 2. The Morgan fingerprint density at radius 2 is 1.93 bits per heavy atom. The molecule has 0 saturated carbocycles. The normalized spacial score (nSPS) is 12.1. The molecule has 1 aromatic heterocycles. The summed E-state index contributed by atoms with van der Waals surface area (Å²) < 4.78 is 7.60. The number of ether oxygens (including phenoxy) is 1. The zero-order valence-corrected chi connectivity index (χ0v) is 17.4. The van der Waals surface area contributed by atoms with Crippen molar-refractivity contribution in [1.29, 1.82) is 0 Å². The number of nitrogens with zero attached hydrogens (tertiary/aromatic N) is 1. The average Bonchev–Trinajstić information content (AvgIpc) is 2.99. The van der Waals surface area contributed by atoms with Crippen LogP contribution in [0.15, 0.2) is 48.5 Å². The monoisotopic (exact) mass is 394 g/mol. The van der Waals surface area contributed by atoms with Crippen molar-refractivity contribution in [1.82, 2.24) is 9.88 Å². The minimum atomic E-state index is -0.0657. The van der Waals surface area contributed by atoms with Crippen LogP contribution in [0, 0.1) is 6.92 Å². The molecule has 3 rings (SSSR count). The molecule has 0 saturated heterocycles. The maximum absolute atomic E-state index is 13.2. The number of amides is 1. The Morgan fingerprint density at radius 1 is 1.17 bits per heavy atom. The van der Waals surface area contributed by atoms with Gasteiger partial charge in [-0.15, -0.1) is 0 Å².